The molecule has 0 spiro atoms. The molecule has 1 aliphatic heterocycles. The van der Waals surface area contributed by atoms with E-state index in [0.29, 0.717) is 28.7 Å². The molecule has 3 rings (SSSR count). The zero-order chi connectivity index (χ0) is 19.6. The zero-order valence-electron chi connectivity index (χ0n) is 14.8. The molecule has 2 heterocycles. The minimum absolute atomic E-state index is 0.131. The Morgan fingerprint density at radius 2 is 1.89 bits per heavy atom. The van der Waals surface area contributed by atoms with Crippen molar-refractivity contribution in [3.05, 3.63) is 51.8 Å². The van der Waals surface area contributed by atoms with Gasteiger partial charge in [-0.3, -0.25) is 14.4 Å². The summed E-state index contributed by atoms with van der Waals surface area (Å²) >= 11 is 12.0. The van der Waals surface area contributed by atoms with Crippen LogP contribution in [0.3, 0.4) is 0 Å². The number of carboxylic acid groups (broad SMARTS) is 1. The first-order valence-electron chi connectivity index (χ1n) is 8.57. The van der Waals surface area contributed by atoms with Gasteiger partial charge in [-0.1, -0.05) is 29.3 Å². The number of aromatic nitrogens is 2. The Kier molecular flexibility index (Phi) is 6.04. The van der Waals surface area contributed by atoms with Gasteiger partial charge in [-0.05, 0) is 24.6 Å². The number of piperazine rings is 1. The van der Waals surface area contributed by atoms with E-state index in [1.807, 2.05) is 12.1 Å². The van der Waals surface area contributed by atoms with Gasteiger partial charge in [-0.25, -0.2) is 4.79 Å². The molecule has 1 unspecified atom stereocenters. The van der Waals surface area contributed by atoms with Crippen LogP contribution in [0.2, 0.25) is 10.0 Å². The van der Waals surface area contributed by atoms with E-state index in [2.05, 4.69) is 10.00 Å². The van der Waals surface area contributed by atoms with E-state index >= 15 is 0 Å². The Morgan fingerprint density at radius 1 is 1.19 bits per heavy atom. The SMILES string of the molecule is CC(C(=O)O)n1cc(C(=O)N2CCN(Cc3ccc(Cl)c(Cl)c3)CC2)cn1. The Bertz CT molecular complexity index is 847. The molecule has 9 heteroatoms. The van der Waals surface area contributed by atoms with E-state index in [-0.39, 0.29) is 5.91 Å². The van der Waals surface area contributed by atoms with Crippen LogP contribution < -0.4 is 0 Å². The van der Waals surface area contributed by atoms with Gasteiger partial charge in [-0.15, -0.1) is 0 Å². The summed E-state index contributed by atoms with van der Waals surface area (Å²) in [5.41, 5.74) is 1.48. The fourth-order valence-electron chi connectivity index (χ4n) is 2.96. The summed E-state index contributed by atoms with van der Waals surface area (Å²) in [4.78, 5) is 27.7. The number of carbonyl (C=O) groups excluding carboxylic acids is 1. The molecule has 0 bridgehead atoms. The molecule has 1 amide bonds. The van der Waals surface area contributed by atoms with E-state index < -0.39 is 12.0 Å². The molecule has 27 heavy (non-hydrogen) atoms. The Balaban J connectivity index is 1.56. The number of benzene rings is 1. The summed E-state index contributed by atoms with van der Waals surface area (Å²) in [5.74, 6) is -1.12. The van der Waals surface area contributed by atoms with E-state index in [0.717, 1.165) is 25.2 Å². The van der Waals surface area contributed by atoms with Crippen molar-refractivity contribution in [1.29, 1.82) is 0 Å². The van der Waals surface area contributed by atoms with Crippen LogP contribution in [-0.2, 0) is 11.3 Å². The number of amides is 1. The summed E-state index contributed by atoms with van der Waals surface area (Å²) in [7, 11) is 0. The van der Waals surface area contributed by atoms with Crippen molar-refractivity contribution < 1.29 is 14.7 Å². The lowest BCUT2D eigenvalue weighted by atomic mass is 10.2. The first-order valence-corrected chi connectivity index (χ1v) is 9.33. The molecule has 1 fully saturated rings. The number of rotatable bonds is 5. The van der Waals surface area contributed by atoms with Crippen LogP contribution in [0.4, 0.5) is 0 Å². The Morgan fingerprint density at radius 3 is 2.52 bits per heavy atom. The molecule has 1 aliphatic rings. The van der Waals surface area contributed by atoms with E-state index in [4.69, 9.17) is 28.3 Å². The predicted octanol–water partition coefficient (Wildman–Crippen LogP) is 2.79. The highest BCUT2D eigenvalue weighted by molar-refractivity contribution is 6.42. The van der Waals surface area contributed by atoms with E-state index in [1.54, 1.807) is 11.0 Å². The summed E-state index contributed by atoms with van der Waals surface area (Å²) in [6, 6.07) is 4.78. The lowest BCUT2D eigenvalue weighted by molar-refractivity contribution is -0.140. The number of halogens is 2. The first kappa shape index (κ1) is 19.7. The second-order valence-electron chi connectivity index (χ2n) is 6.54. The van der Waals surface area contributed by atoms with Gasteiger partial charge in [0.2, 0.25) is 0 Å². The lowest BCUT2D eigenvalue weighted by Crippen LogP contribution is -2.48. The Labute approximate surface area is 167 Å². The predicted molar refractivity (Wildman–Crippen MR) is 102 cm³/mol. The molecule has 0 saturated carbocycles. The molecule has 1 N–H and O–H groups in total. The molecule has 144 valence electrons. The Hall–Kier alpha value is -2.09. The average molecular weight is 411 g/mol. The third-order valence-electron chi connectivity index (χ3n) is 4.65. The quantitative estimate of drug-likeness (QED) is 0.819. The van der Waals surface area contributed by atoms with Crippen molar-refractivity contribution in [2.24, 2.45) is 0 Å². The van der Waals surface area contributed by atoms with Crippen LogP contribution in [-0.4, -0.2) is 62.7 Å². The van der Waals surface area contributed by atoms with Crippen LogP contribution in [0.15, 0.2) is 30.6 Å². The fraction of sp³-hybridized carbons (Fsp3) is 0.389. The largest absolute Gasteiger partial charge is 0.480 e. The van der Waals surface area contributed by atoms with Gasteiger partial charge in [0.05, 0.1) is 21.8 Å². The van der Waals surface area contributed by atoms with Gasteiger partial charge in [0.25, 0.3) is 5.91 Å². The second kappa shape index (κ2) is 8.29. The molecule has 1 atom stereocenters. The number of hydrogen-bond donors (Lipinski definition) is 1. The topological polar surface area (TPSA) is 78.7 Å². The van der Waals surface area contributed by atoms with Crippen LogP contribution in [0.1, 0.15) is 28.9 Å². The van der Waals surface area contributed by atoms with Gasteiger partial charge in [0, 0.05) is 38.9 Å². The molecule has 1 saturated heterocycles. The standard InChI is InChI=1S/C18H20Cl2N4O3/c1-12(18(26)27)24-11-14(9-21-24)17(25)23-6-4-22(5-7-23)10-13-2-3-15(19)16(20)8-13/h2-3,8-9,11-12H,4-7,10H2,1H3,(H,26,27). The van der Waals surface area contributed by atoms with Crippen molar-refractivity contribution in [3.8, 4) is 0 Å². The third-order valence-corrected chi connectivity index (χ3v) is 5.39. The third kappa shape index (κ3) is 4.61. The fourth-order valence-corrected chi connectivity index (χ4v) is 3.28. The highest BCUT2D eigenvalue weighted by atomic mass is 35.5. The van der Waals surface area contributed by atoms with E-state index in [1.165, 1.54) is 24.0 Å². The molecule has 7 nitrogen and oxygen atoms in total. The summed E-state index contributed by atoms with van der Waals surface area (Å²) < 4.78 is 1.29. The maximum absolute atomic E-state index is 12.6. The van der Waals surface area contributed by atoms with Crippen LogP contribution in [0.5, 0.6) is 0 Å². The highest BCUT2D eigenvalue weighted by Crippen LogP contribution is 2.23. The maximum Gasteiger partial charge on any atom is 0.328 e. The number of hydrogen-bond acceptors (Lipinski definition) is 4. The number of carbonyl (C=O) groups is 2. The maximum atomic E-state index is 12.6. The van der Waals surface area contributed by atoms with E-state index in [9.17, 15) is 9.59 Å². The normalized spacial score (nSPS) is 16.3. The van der Waals surface area contributed by atoms with Crippen molar-refractivity contribution in [2.45, 2.75) is 19.5 Å². The minimum atomic E-state index is -0.993. The summed E-state index contributed by atoms with van der Waals surface area (Å²) in [5, 5.41) is 14.1. The van der Waals surface area contributed by atoms with Crippen LogP contribution >= 0.6 is 23.2 Å². The van der Waals surface area contributed by atoms with Crippen molar-refractivity contribution >= 4 is 35.1 Å². The number of carboxylic acids is 1. The molecular formula is C18H20Cl2N4O3. The van der Waals surface area contributed by atoms with Gasteiger partial charge in [-0.2, -0.15) is 5.10 Å². The van der Waals surface area contributed by atoms with Crippen molar-refractivity contribution in [2.75, 3.05) is 26.2 Å². The monoisotopic (exact) mass is 410 g/mol. The van der Waals surface area contributed by atoms with Gasteiger partial charge in [0.1, 0.15) is 6.04 Å². The molecule has 1 aromatic carbocycles. The van der Waals surface area contributed by atoms with Gasteiger partial charge >= 0.3 is 5.97 Å². The molecule has 0 aliphatic carbocycles. The van der Waals surface area contributed by atoms with Crippen molar-refractivity contribution in [3.63, 3.8) is 0 Å². The molecule has 0 radical (unpaired) electrons. The average Bonchev–Trinajstić information content (AvgIpc) is 3.14. The summed E-state index contributed by atoms with van der Waals surface area (Å²) in [6.45, 7) is 4.94. The van der Waals surface area contributed by atoms with Crippen LogP contribution in [0.25, 0.3) is 0 Å². The van der Waals surface area contributed by atoms with Gasteiger partial charge in [0.15, 0.2) is 0 Å². The molecular weight excluding hydrogens is 391 g/mol. The highest BCUT2D eigenvalue weighted by Gasteiger charge is 2.24. The van der Waals surface area contributed by atoms with Crippen molar-refractivity contribution in [1.82, 2.24) is 19.6 Å². The zero-order valence-corrected chi connectivity index (χ0v) is 16.3. The van der Waals surface area contributed by atoms with Gasteiger partial charge < -0.3 is 10.0 Å². The lowest BCUT2D eigenvalue weighted by Gasteiger charge is -2.34. The number of nitrogens with zero attached hydrogens (tertiary/aromatic N) is 4. The molecule has 1 aromatic heterocycles. The minimum Gasteiger partial charge on any atom is -0.480 e. The smallest absolute Gasteiger partial charge is 0.328 e. The number of aliphatic carboxylic acids is 1. The summed E-state index contributed by atoms with van der Waals surface area (Å²) in [6.07, 6.45) is 2.91. The first-order chi connectivity index (χ1) is 12.8. The second-order valence-corrected chi connectivity index (χ2v) is 7.35. The van der Waals surface area contributed by atoms with Crippen LogP contribution in [0, 0.1) is 0 Å². The molecule has 2 aromatic rings.